The number of piperidine rings is 1. The number of imide groups is 1. The van der Waals surface area contributed by atoms with Gasteiger partial charge in [-0.1, -0.05) is 32.3 Å². The zero-order valence-electron chi connectivity index (χ0n) is 16.3. The topological polar surface area (TPSA) is 95.6 Å². The Hall–Kier alpha value is -2.70. The molecule has 0 spiro atoms. The summed E-state index contributed by atoms with van der Waals surface area (Å²) in [7, 11) is 0. The third kappa shape index (κ3) is 4.40. The number of hydrogen-bond donors (Lipinski definition) is 2. The van der Waals surface area contributed by atoms with E-state index in [-0.39, 0.29) is 30.6 Å². The highest BCUT2D eigenvalue weighted by Crippen LogP contribution is 2.32. The molecule has 1 unspecified atom stereocenters. The molecule has 0 aromatic heterocycles. The molecule has 1 fully saturated rings. The van der Waals surface area contributed by atoms with Gasteiger partial charge in [0.15, 0.2) is 5.78 Å². The molecule has 1 aromatic carbocycles. The van der Waals surface area contributed by atoms with Gasteiger partial charge in [-0.3, -0.25) is 24.5 Å². The van der Waals surface area contributed by atoms with Crippen molar-refractivity contribution in [2.75, 3.05) is 11.9 Å². The van der Waals surface area contributed by atoms with E-state index >= 15 is 0 Å². The average molecular weight is 385 g/mol. The fourth-order valence-electron chi connectivity index (χ4n) is 3.78. The van der Waals surface area contributed by atoms with E-state index in [4.69, 9.17) is 0 Å². The highest BCUT2D eigenvalue weighted by Gasteiger charge is 2.39. The number of carbonyl (C=O) groups is 4. The second-order valence-electron chi connectivity index (χ2n) is 7.43. The molecule has 28 heavy (non-hydrogen) atoms. The first-order valence-corrected chi connectivity index (χ1v) is 10.0. The number of unbranched alkanes of at least 4 members (excludes halogenated alkanes) is 3. The number of fused-ring (bicyclic) bond motifs is 1. The Morgan fingerprint density at radius 3 is 2.79 bits per heavy atom. The summed E-state index contributed by atoms with van der Waals surface area (Å²) in [6, 6.07) is 4.73. The van der Waals surface area contributed by atoms with Gasteiger partial charge in [0, 0.05) is 36.2 Å². The third-order valence-corrected chi connectivity index (χ3v) is 5.37. The Morgan fingerprint density at radius 2 is 2.04 bits per heavy atom. The summed E-state index contributed by atoms with van der Waals surface area (Å²) in [6.45, 7) is 2.67. The summed E-state index contributed by atoms with van der Waals surface area (Å²) in [5.41, 5.74) is 2.10. The minimum absolute atomic E-state index is 0.153. The molecule has 1 saturated heterocycles. The number of hydrogen-bond acceptors (Lipinski definition) is 5. The van der Waals surface area contributed by atoms with Crippen molar-refractivity contribution in [3.63, 3.8) is 0 Å². The molecule has 3 rings (SSSR count). The number of Topliss-reactive ketones (excluding diaryl/α,β-unsaturated/α-hetero) is 1. The van der Waals surface area contributed by atoms with Gasteiger partial charge in [0.05, 0.1) is 6.54 Å². The van der Waals surface area contributed by atoms with E-state index in [0.29, 0.717) is 24.9 Å². The minimum atomic E-state index is -0.634. The van der Waals surface area contributed by atoms with Crippen LogP contribution in [0.3, 0.4) is 0 Å². The van der Waals surface area contributed by atoms with Crippen molar-refractivity contribution in [2.45, 2.75) is 64.5 Å². The first-order chi connectivity index (χ1) is 13.5. The Bertz CT molecular complexity index is 790. The summed E-state index contributed by atoms with van der Waals surface area (Å²) in [4.78, 5) is 49.9. The lowest BCUT2D eigenvalue weighted by Crippen LogP contribution is -2.52. The summed E-state index contributed by atoms with van der Waals surface area (Å²) < 4.78 is 0. The van der Waals surface area contributed by atoms with Gasteiger partial charge in [0.1, 0.15) is 6.04 Å². The first-order valence-electron chi connectivity index (χ1n) is 10.0. The lowest BCUT2D eigenvalue weighted by Gasteiger charge is -2.29. The molecule has 2 aliphatic rings. The lowest BCUT2D eigenvalue weighted by molar-refractivity contribution is -0.137. The number of rotatable bonds is 9. The molecule has 150 valence electrons. The molecule has 1 atom stereocenters. The maximum Gasteiger partial charge on any atom is 0.255 e. The quantitative estimate of drug-likeness (QED) is 0.503. The van der Waals surface area contributed by atoms with Crippen LogP contribution in [-0.2, 0) is 20.9 Å². The molecule has 0 bridgehead atoms. The van der Waals surface area contributed by atoms with Gasteiger partial charge in [-0.05, 0) is 25.0 Å². The van der Waals surface area contributed by atoms with Crippen molar-refractivity contribution in [3.8, 4) is 0 Å². The van der Waals surface area contributed by atoms with Crippen LogP contribution in [-0.4, -0.2) is 41.0 Å². The first kappa shape index (κ1) is 20.0. The fourth-order valence-corrected chi connectivity index (χ4v) is 3.78. The van der Waals surface area contributed by atoms with E-state index in [9.17, 15) is 19.2 Å². The van der Waals surface area contributed by atoms with Crippen molar-refractivity contribution >= 4 is 29.2 Å². The van der Waals surface area contributed by atoms with Gasteiger partial charge in [-0.2, -0.15) is 0 Å². The molecule has 2 heterocycles. The Morgan fingerprint density at radius 1 is 1.21 bits per heavy atom. The van der Waals surface area contributed by atoms with E-state index in [1.807, 2.05) is 6.07 Å². The molecular weight excluding hydrogens is 358 g/mol. The Balaban J connectivity index is 1.63. The fraction of sp³-hybridized carbons (Fsp3) is 0.524. The second kappa shape index (κ2) is 8.99. The average Bonchev–Trinajstić information content (AvgIpc) is 3.01. The smallest absolute Gasteiger partial charge is 0.255 e. The summed E-state index contributed by atoms with van der Waals surface area (Å²) in [5.74, 6) is -0.779. The van der Waals surface area contributed by atoms with Gasteiger partial charge < -0.3 is 10.2 Å². The van der Waals surface area contributed by atoms with E-state index in [0.717, 1.165) is 36.9 Å². The van der Waals surface area contributed by atoms with Crippen LogP contribution >= 0.6 is 0 Å². The highest BCUT2D eigenvalue weighted by atomic mass is 16.2. The van der Waals surface area contributed by atoms with Crippen LogP contribution in [0.4, 0.5) is 5.69 Å². The maximum absolute atomic E-state index is 12.8. The van der Waals surface area contributed by atoms with Crippen LogP contribution in [0, 0.1) is 0 Å². The third-order valence-electron chi connectivity index (χ3n) is 5.37. The molecule has 0 saturated carbocycles. The molecule has 1 aromatic rings. The van der Waals surface area contributed by atoms with Crippen LogP contribution in [0.2, 0.25) is 0 Å². The van der Waals surface area contributed by atoms with Crippen LogP contribution in [0.5, 0.6) is 0 Å². The predicted molar refractivity (Wildman–Crippen MR) is 105 cm³/mol. The normalized spacial score (nSPS) is 18.8. The van der Waals surface area contributed by atoms with Gasteiger partial charge in [0.25, 0.3) is 5.91 Å². The molecular formula is C21H27N3O4. The predicted octanol–water partition coefficient (Wildman–Crippen LogP) is 2.40. The molecule has 0 aliphatic carbocycles. The van der Waals surface area contributed by atoms with Gasteiger partial charge in [-0.15, -0.1) is 0 Å². The van der Waals surface area contributed by atoms with E-state index in [2.05, 4.69) is 17.6 Å². The zero-order valence-corrected chi connectivity index (χ0v) is 16.3. The summed E-state index contributed by atoms with van der Waals surface area (Å²) in [5, 5.41) is 5.47. The lowest BCUT2D eigenvalue weighted by atomic mass is 10.0. The SMILES string of the molecule is CCCCCCC(=O)CNc1cccc2c1CN(C1CCC(=O)NC1=O)C2=O. The van der Waals surface area contributed by atoms with E-state index < -0.39 is 11.9 Å². The van der Waals surface area contributed by atoms with Crippen LogP contribution in [0.25, 0.3) is 0 Å². The Kier molecular flexibility index (Phi) is 6.44. The van der Waals surface area contributed by atoms with Gasteiger partial charge >= 0.3 is 0 Å². The van der Waals surface area contributed by atoms with Crippen molar-refractivity contribution < 1.29 is 19.2 Å². The standard InChI is InChI=1S/C21H27N3O4/c1-2-3-4-5-7-14(25)12-22-17-9-6-8-15-16(17)13-24(21(15)28)18-10-11-19(26)23-20(18)27/h6,8-9,18,22H,2-5,7,10-13H2,1H3,(H,23,26,27). The van der Waals surface area contributed by atoms with Crippen LogP contribution in [0.1, 0.15) is 67.8 Å². The number of ketones is 1. The van der Waals surface area contributed by atoms with Crippen molar-refractivity contribution in [3.05, 3.63) is 29.3 Å². The van der Waals surface area contributed by atoms with Gasteiger partial charge in [-0.25, -0.2) is 0 Å². The number of anilines is 1. The number of nitrogens with one attached hydrogen (secondary N) is 2. The van der Waals surface area contributed by atoms with Gasteiger partial charge in [0.2, 0.25) is 11.8 Å². The molecule has 7 heteroatoms. The summed E-state index contributed by atoms with van der Waals surface area (Å²) >= 11 is 0. The van der Waals surface area contributed by atoms with Crippen molar-refractivity contribution in [2.24, 2.45) is 0 Å². The minimum Gasteiger partial charge on any atom is -0.378 e. The number of nitrogens with zero attached hydrogens (tertiary/aromatic N) is 1. The molecule has 3 amide bonds. The number of amides is 3. The van der Waals surface area contributed by atoms with Crippen molar-refractivity contribution in [1.29, 1.82) is 0 Å². The second-order valence-corrected chi connectivity index (χ2v) is 7.43. The number of carbonyl (C=O) groups excluding carboxylic acids is 4. The largest absolute Gasteiger partial charge is 0.378 e. The highest BCUT2D eigenvalue weighted by molar-refractivity contribution is 6.06. The van der Waals surface area contributed by atoms with E-state index in [1.54, 1.807) is 12.1 Å². The van der Waals surface area contributed by atoms with Crippen LogP contribution < -0.4 is 10.6 Å². The van der Waals surface area contributed by atoms with Crippen LogP contribution in [0.15, 0.2) is 18.2 Å². The molecule has 2 aliphatic heterocycles. The zero-order chi connectivity index (χ0) is 20.1. The number of benzene rings is 1. The van der Waals surface area contributed by atoms with Crippen molar-refractivity contribution in [1.82, 2.24) is 10.2 Å². The Labute approximate surface area is 164 Å². The maximum atomic E-state index is 12.8. The molecule has 7 nitrogen and oxygen atoms in total. The molecule has 2 N–H and O–H groups in total. The van der Waals surface area contributed by atoms with E-state index in [1.165, 1.54) is 4.90 Å². The summed E-state index contributed by atoms with van der Waals surface area (Å²) in [6.07, 6.45) is 5.38. The molecule has 0 radical (unpaired) electrons. The monoisotopic (exact) mass is 385 g/mol.